The zero-order valence-electron chi connectivity index (χ0n) is 10.8. The fourth-order valence-electron chi connectivity index (χ4n) is 1.64. The second-order valence-corrected chi connectivity index (χ2v) is 6.41. The number of hydrogen-bond donors (Lipinski definition) is 2. The van der Waals surface area contributed by atoms with Gasteiger partial charge in [-0.1, -0.05) is 20.3 Å². The summed E-state index contributed by atoms with van der Waals surface area (Å²) in [7, 11) is -3.91. The molecule has 108 valence electrons. The molecule has 6 nitrogen and oxygen atoms in total. The van der Waals surface area contributed by atoms with Crippen LogP contribution in [-0.2, 0) is 10.0 Å². The summed E-state index contributed by atoms with van der Waals surface area (Å²) in [5.41, 5.74) is 0. The molecular weight excluding hydrogens is 336 g/mol. The van der Waals surface area contributed by atoms with Crippen LogP contribution in [0, 0.1) is 0 Å². The zero-order chi connectivity index (χ0) is 14.6. The number of furan rings is 1. The first-order valence-corrected chi connectivity index (χ1v) is 8.26. The van der Waals surface area contributed by atoms with Crippen molar-refractivity contribution in [1.82, 2.24) is 5.32 Å². The largest absolute Gasteiger partial charge is 0.443 e. The van der Waals surface area contributed by atoms with Crippen LogP contribution in [0.25, 0.3) is 0 Å². The van der Waals surface area contributed by atoms with Gasteiger partial charge in [-0.05, 0) is 28.8 Å². The molecule has 1 heterocycles. The Morgan fingerprint density at radius 2 is 2.16 bits per heavy atom. The predicted octanol–water partition coefficient (Wildman–Crippen LogP) is 2.00. The van der Waals surface area contributed by atoms with E-state index in [0.29, 0.717) is 0 Å². The van der Waals surface area contributed by atoms with E-state index in [1.54, 1.807) is 0 Å². The third-order valence-electron chi connectivity index (χ3n) is 2.65. The fourth-order valence-corrected chi connectivity index (χ4v) is 3.14. The Kier molecular flexibility index (Phi) is 5.57. The molecule has 1 unspecified atom stereocenters. The summed E-state index contributed by atoms with van der Waals surface area (Å²) in [6.45, 7) is 3.99. The molecule has 1 amide bonds. The summed E-state index contributed by atoms with van der Waals surface area (Å²) < 4.78 is 27.5. The lowest BCUT2D eigenvalue weighted by Gasteiger charge is -2.14. The Morgan fingerprint density at radius 1 is 1.53 bits per heavy atom. The third-order valence-corrected chi connectivity index (χ3v) is 4.42. The topological polar surface area (TPSA) is 102 Å². The molecule has 0 radical (unpaired) electrons. The number of carbonyl (C=O) groups excluding carboxylic acids is 1. The normalized spacial score (nSPS) is 13.3. The van der Waals surface area contributed by atoms with Gasteiger partial charge in [-0.2, -0.15) is 0 Å². The van der Waals surface area contributed by atoms with Crippen LogP contribution in [0.2, 0.25) is 0 Å². The number of sulfonamides is 1. The molecule has 3 N–H and O–H groups in total. The van der Waals surface area contributed by atoms with Gasteiger partial charge in [0.2, 0.25) is 10.0 Å². The molecule has 19 heavy (non-hydrogen) atoms. The summed E-state index contributed by atoms with van der Waals surface area (Å²) in [4.78, 5) is 11.7. The monoisotopic (exact) mass is 352 g/mol. The quantitative estimate of drug-likeness (QED) is 0.816. The van der Waals surface area contributed by atoms with Crippen molar-refractivity contribution in [2.75, 3.05) is 0 Å². The summed E-state index contributed by atoms with van der Waals surface area (Å²) in [5, 5.41) is 7.78. The summed E-state index contributed by atoms with van der Waals surface area (Å²) in [5.74, 6) is -0.527. The average molecular weight is 353 g/mol. The van der Waals surface area contributed by atoms with E-state index in [1.807, 2.05) is 13.8 Å². The maximum Gasteiger partial charge on any atom is 0.287 e. The number of rotatable bonds is 6. The van der Waals surface area contributed by atoms with Crippen LogP contribution in [0.4, 0.5) is 0 Å². The van der Waals surface area contributed by atoms with Crippen LogP contribution in [0.3, 0.4) is 0 Å². The highest BCUT2D eigenvalue weighted by Crippen LogP contribution is 2.25. The molecule has 0 aromatic carbocycles. The first-order valence-electron chi connectivity index (χ1n) is 5.92. The number of hydrogen-bond acceptors (Lipinski definition) is 4. The summed E-state index contributed by atoms with van der Waals surface area (Å²) >= 11 is 2.93. The number of carbonyl (C=O) groups is 1. The van der Waals surface area contributed by atoms with Crippen LogP contribution in [0.5, 0.6) is 0 Å². The van der Waals surface area contributed by atoms with Gasteiger partial charge in [-0.3, -0.25) is 4.79 Å². The van der Waals surface area contributed by atoms with E-state index >= 15 is 0 Å². The standard InChI is InChI=1S/C11H17BrN2O4S/c1-3-5-7(4-2)14-11(15)8-6-9(10(12)18-8)19(13,16)17/h6-7H,3-5H2,1-2H3,(H,14,15)(H2,13,16,17). The Morgan fingerprint density at radius 3 is 2.58 bits per heavy atom. The lowest BCUT2D eigenvalue weighted by Crippen LogP contribution is -2.34. The summed E-state index contributed by atoms with van der Waals surface area (Å²) in [6, 6.07) is 1.16. The van der Waals surface area contributed by atoms with Gasteiger partial charge in [-0.15, -0.1) is 0 Å². The molecule has 1 atom stereocenters. The minimum absolute atomic E-state index is 0.0410. The van der Waals surface area contributed by atoms with Crippen LogP contribution in [0.15, 0.2) is 20.0 Å². The molecule has 0 aliphatic rings. The van der Waals surface area contributed by atoms with Crippen molar-refractivity contribution in [3.05, 3.63) is 16.5 Å². The molecule has 0 fully saturated rings. The molecule has 0 saturated carbocycles. The molecule has 0 spiro atoms. The van der Waals surface area contributed by atoms with E-state index in [1.165, 1.54) is 0 Å². The second-order valence-electron chi connectivity index (χ2n) is 4.16. The zero-order valence-corrected chi connectivity index (χ0v) is 13.2. The minimum Gasteiger partial charge on any atom is -0.443 e. The third kappa shape index (κ3) is 4.32. The fraction of sp³-hybridized carbons (Fsp3) is 0.545. The van der Waals surface area contributed by atoms with E-state index in [2.05, 4.69) is 21.2 Å². The smallest absolute Gasteiger partial charge is 0.287 e. The van der Waals surface area contributed by atoms with Crippen molar-refractivity contribution >= 4 is 31.9 Å². The lowest BCUT2D eigenvalue weighted by atomic mass is 10.1. The van der Waals surface area contributed by atoms with E-state index in [4.69, 9.17) is 9.56 Å². The predicted molar refractivity (Wildman–Crippen MR) is 74.2 cm³/mol. The maximum absolute atomic E-state index is 11.9. The second kappa shape index (κ2) is 6.53. The van der Waals surface area contributed by atoms with E-state index in [0.717, 1.165) is 25.3 Å². The minimum atomic E-state index is -3.91. The van der Waals surface area contributed by atoms with Crippen LogP contribution >= 0.6 is 15.9 Å². The summed E-state index contributed by atoms with van der Waals surface area (Å²) in [6.07, 6.45) is 2.60. The van der Waals surface area contributed by atoms with Crippen LogP contribution in [0.1, 0.15) is 43.7 Å². The van der Waals surface area contributed by atoms with Crippen LogP contribution in [-0.4, -0.2) is 20.4 Å². The van der Waals surface area contributed by atoms with Gasteiger partial charge < -0.3 is 9.73 Å². The van der Waals surface area contributed by atoms with Crippen molar-refractivity contribution < 1.29 is 17.6 Å². The number of halogens is 1. The van der Waals surface area contributed by atoms with Gasteiger partial charge >= 0.3 is 0 Å². The molecular formula is C11H17BrN2O4S. The molecule has 1 aromatic rings. The van der Waals surface area contributed by atoms with Gasteiger partial charge in [0.05, 0.1) is 0 Å². The molecule has 0 bridgehead atoms. The van der Waals surface area contributed by atoms with Gasteiger partial charge in [0.15, 0.2) is 10.4 Å². The molecule has 8 heteroatoms. The van der Waals surface area contributed by atoms with Gasteiger partial charge in [-0.25, -0.2) is 13.6 Å². The number of nitrogens with one attached hydrogen (secondary N) is 1. The highest BCUT2D eigenvalue weighted by molar-refractivity contribution is 9.10. The molecule has 1 aromatic heterocycles. The Balaban J connectivity index is 2.90. The first-order chi connectivity index (χ1) is 8.79. The molecule has 0 aliphatic carbocycles. The maximum atomic E-state index is 11.9. The number of primary sulfonamides is 1. The van der Waals surface area contributed by atoms with Crippen molar-refractivity contribution in [1.29, 1.82) is 0 Å². The van der Waals surface area contributed by atoms with Crippen molar-refractivity contribution in [3.8, 4) is 0 Å². The van der Waals surface area contributed by atoms with Crippen LogP contribution < -0.4 is 10.5 Å². The van der Waals surface area contributed by atoms with Crippen molar-refractivity contribution in [2.45, 2.75) is 44.0 Å². The number of amides is 1. The van der Waals surface area contributed by atoms with Crippen molar-refractivity contribution in [3.63, 3.8) is 0 Å². The van der Waals surface area contributed by atoms with E-state index in [9.17, 15) is 13.2 Å². The van der Waals surface area contributed by atoms with Gasteiger partial charge in [0, 0.05) is 12.1 Å². The SMILES string of the molecule is CCCC(CC)NC(=O)c1cc(S(N)(=O)=O)c(Br)o1. The Bertz CT molecular complexity index is 553. The van der Waals surface area contributed by atoms with Crippen molar-refractivity contribution in [2.24, 2.45) is 5.14 Å². The average Bonchev–Trinajstić information content (AvgIpc) is 2.70. The van der Waals surface area contributed by atoms with Gasteiger partial charge in [0.1, 0.15) is 4.90 Å². The highest BCUT2D eigenvalue weighted by Gasteiger charge is 2.23. The lowest BCUT2D eigenvalue weighted by molar-refractivity contribution is 0.0904. The Hall–Kier alpha value is -0.860. The van der Waals surface area contributed by atoms with E-state index < -0.39 is 15.9 Å². The Labute approximate surface area is 120 Å². The molecule has 1 rings (SSSR count). The highest BCUT2D eigenvalue weighted by atomic mass is 79.9. The van der Waals surface area contributed by atoms with Gasteiger partial charge in [0.25, 0.3) is 5.91 Å². The molecule has 0 saturated heterocycles. The van der Waals surface area contributed by atoms with E-state index in [-0.39, 0.29) is 21.4 Å². The first kappa shape index (κ1) is 16.2. The number of nitrogens with two attached hydrogens (primary N) is 1. The molecule has 0 aliphatic heterocycles.